The first-order valence-corrected chi connectivity index (χ1v) is 10.2. The number of ether oxygens (including phenoxy) is 1. The van der Waals surface area contributed by atoms with Crippen LogP contribution in [0.5, 0.6) is 5.75 Å². The number of aliphatic imine (C=N–C) groups is 1. The average Bonchev–Trinajstić information content (AvgIpc) is 3.51. The second-order valence-corrected chi connectivity index (χ2v) is 7.90. The third kappa shape index (κ3) is 2.90. The minimum Gasteiger partial charge on any atom is -0.497 e. The maximum Gasteiger partial charge on any atom is 0.228 e. The van der Waals surface area contributed by atoms with Crippen LogP contribution in [0.4, 0.5) is 17.5 Å². The van der Waals surface area contributed by atoms with E-state index in [0.29, 0.717) is 0 Å². The molecule has 2 aromatic carbocycles. The molecule has 2 N–H and O–H groups in total. The zero-order valence-corrected chi connectivity index (χ0v) is 16.8. The highest BCUT2D eigenvalue weighted by molar-refractivity contribution is 5.86. The van der Waals surface area contributed by atoms with E-state index in [9.17, 15) is 0 Å². The van der Waals surface area contributed by atoms with Crippen LogP contribution >= 0.6 is 0 Å². The van der Waals surface area contributed by atoms with Crippen LogP contribution in [0.15, 0.2) is 41.4 Å². The molecule has 0 radical (unpaired) electrons. The predicted octanol–water partition coefficient (Wildman–Crippen LogP) is 3.28. The first-order chi connectivity index (χ1) is 14.8. The number of hydrogen-bond donors (Lipinski definition) is 2. The molecule has 30 heavy (non-hydrogen) atoms. The molecule has 0 unspecified atom stereocenters. The van der Waals surface area contributed by atoms with Crippen LogP contribution in [-0.2, 0) is 32.7 Å². The van der Waals surface area contributed by atoms with Crippen molar-refractivity contribution < 1.29 is 4.74 Å². The molecule has 6 rings (SSSR count). The monoisotopic (exact) mass is 398 g/mol. The minimum atomic E-state index is 0.762. The number of anilines is 3. The third-order valence-electron chi connectivity index (χ3n) is 5.99. The van der Waals surface area contributed by atoms with Gasteiger partial charge in [0.2, 0.25) is 5.95 Å². The lowest BCUT2D eigenvalue weighted by Gasteiger charge is -2.19. The van der Waals surface area contributed by atoms with Crippen molar-refractivity contribution in [2.75, 3.05) is 17.3 Å². The molecule has 0 amide bonds. The molecular weight excluding hydrogens is 376 g/mol. The van der Waals surface area contributed by atoms with Crippen LogP contribution in [-0.4, -0.2) is 23.3 Å². The largest absolute Gasteiger partial charge is 0.497 e. The number of nitrogens with zero attached hydrogens (tertiary/aromatic N) is 4. The van der Waals surface area contributed by atoms with Gasteiger partial charge in [0, 0.05) is 43.6 Å². The summed E-state index contributed by atoms with van der Waals surface area (Å²) in [4.78, 5) is 16.4. The van der Waals surface area contributed by atoms with Crippen molar-refractivity contribution >= 4 is 23.7 Å². The normalized spacial score (nSPS) is 15.8. The summed E-state index contributed by atoms with van der Waals surface area (Å²) in [5.74, 6) is 2.53. The predicted molar refractivity (Wildman–Crippen MR) is 116 cm³/mol. The van der Waals surface area contributed by atoms with Crippen molar-refractivity contribution in [3.8, 4) is 5.75 Å². The van der Waals surface area contributed by atoms with Crippen molar-refractivity contribution in [2.24, 2.45) is 4.99 Å². The van der Waals surface area contributed by atoms with Gasteiger partial charge in [0.15, 0.2) is 0 Å². The molecule has 0 atom stereocenters. The summed E-state index contributed by atoms with van der Waals surface area (Å²) >= 11 is 0. The number of rotatable bonds is 4. The first kappa shape index (κ1) is 17.4. The van der Waals surface area contributed by atoms with Crippen LogP contribution in [0.3, 0.4) is 0 Å². The van der Waals surface area contributed by atoms with Crippen molar-refractivity contribution in [1.82, 2.24) is 15.3 Å². The fourth-order valence-corrected chi connectivity index (χ4v) is 4.36. The first-order valence-electron chi connectivity index (χ1n) is 10.2. The third-order valence-corrected chi connectivity index (χ3v) is 5.99. The van der Waals surface area contributed by atoms with E-state index in [4.69, 9.17) is 14.7 Å². The van der Waals surface area contributed by atoms with Crippen molar-refractivity contribution in [2.45, 2.75) is 32.7 Å². The summed E-state index contributed by atoms with van der Waals surface area (Å²) in [5, 5.41) is 6.94. The van der Waals surface area contributed by atoms with Crippen LogP contribution in [0.2, 0.25) is 0 Å². The number of nitrogens with one attached hydrogen (secondary N) is 2. The Morgan fingerprint density at radius 1 is 1.00 bits per heavy atom. The molecule has 7 nitrogen and oxygen atoms in total. The summed E-state index contributed by atoms with van der Waals surface area (Å²) in [5.41, 5.74) is 8.24. The minimum absolute atomic E-state index is 0.762. The number of aromatic nitrogens is 2. The van der Waals surface area contributed by atoms with Gasteiger partial charge < -0.3 is 20.3 Å². The lowest BCUT2D eigenvalue weighted by atomic mass is 10.1. The maximum atomic E-state index is 5.38. The van der Waals surface area contributed by atoms with E-state index >= 15 is 0 Å². The summed E-state index contributed by atoms with van der Waals surface area (Å²) < 4.78 is 5.38. The molecule has 150 valence electrons. The molecule has 3 aliphatic heterocycles. The SMILES string of the molecule is COc1ccc2c(c1)CN(c1nc3c(c(Nc4ccc5c(c4)C=NC5)n1)CNC3)C2. The van der Waals surface area contributed by atoms with Gasteiger partial charge in [0.1, 0.15) is 11.6 Å². The molecule has 0 saturated heterocycles. The molecule has 0 saturated carbocycles. The molecule has 0 aliphatic carbocycles. The van der Waals surface area contributed by atoms with Gasteiger partial charge in [0.05, 0.1) is 19.3 Å². The molecule has 0 bridgehead atoms. The van der Waals surface area contributed by atoms with Crippen LogP contribution in [0, 0.1) is 0 Å². The van der Waals surface area contributed by atoms with E-state index in [2.05, 4.69) is 50.9 Å². The Hall–Kier alpha value is -3.45. The van der Waals surface area contributed by atoms with Crippen molar-refractivity contribution in [3.05, 3.63) is 69.9 Å². The van der Waals surface area contributed by atoms with E-state index in [1.54, 1.807) is 7.11 Å². The molecule has 4 heterocycles. The molecular formula is C23H22N6O. The zero-order chi connectivity index (χ0) is 20.1. The maximum absolute atomic E-state index is 5.38. The van der Waals surface area contributed by atoms with Gasteiger partial charge >= 0.3 is 0 Å². The number of methoxy groups -OCH3 is 1. The Morgan fingerprint density at radius 3 is 2.83 bits per heavy atom. The van der Waals surface area contributed by atoms with Crippen LogP contribution < -0.4 is 20.3 Å². The van der Waals surface area contributed by atoms with Crippen molar-refractivity contribution in [1.29, 1.82) is 0 Å². The molecule has 3 aliphatic rings. The topological polar surface area (TPSA) is 74.7 Å². The number of fused-ring (bicyclic) bond motifs is 3. The molecule has 3 aromatic rings. The molecule has 7 heteroatoms. The smallest absolute Gasteiger partial charge is 0.228 e. The fraction of sp³-hybridized carbons (Fsp3) is 0.261. The lowest BCUT2D eigenvalue weighted by Crippen LogP contribution is -2.19. The van der Waals surface area contributed by atoms with Gasteiger partial charge in [-0.2, -0.15) is 4.98 Å². The Labute approximate surface area is 174 Å². The Kier molecular flexibility index (Phi) is 3.95. The number of hydrogen-bond acceptors (Lipinski definition) is 7. The standard InChI is InChI=1S/C23H22N6O/c1-30-19-5-3-15-12-29(13-17(15)7-19)23-27-21-11-25-10-20(21)22(28-23)26-18-4-2-14-8-24-9-16(14)6-18/h2-7,9,25H,8,10-13H2,1H3,(H,26,27,28). The Balaban J connectivity index is 1.33. The summed E-state index contributed by atoms with van der Waals surface area (Å²) in [7, 11) is 1.70. The summed E-state index contributed by atoms with van der Waals surface area (Å²) in [6, 6.07) is 12.6. The second kappa shape index (κ2) is 6.81. The Bertz CT molecular complexity index is 1190. The van der Waals surface area contributed by atoms with E-state index in [1.807, 2.05) is 12.3 Å². The quantitative estimate of drug-likeness (QED) is 0.703. The summed E-state index contributed by atoms with van der Waals surface area (Å²) in [6.07, 6.45) is 1.94. The molecule has 1 aromatic heterocycles. The highest BCUT2D eigenvalue weighted by Crippen LogP contribution is 2.33. The zero-order valence-electron chi connectivity index (χ0n) is 16.8. The van der Waals surface area contributed by atoms with Gasteiger partial charge in [-0.3, -0.25) is 4.99 Å². The number of benzene rings is 2. The second-order valence-electron chi connectivity index (χ2n) is 7.90. The van der Waals surface area contributed by atoms with Gasteiger partial charge in [-0.15, -0.1) is 0 Å². The van der Waals surface area contributed by atoms with E-state index in [-0.39, 0.29) is 0 Å². The summed E-state index contributed by atoms with van der Waals surface area (Å²) in [6.45, 7) is 3.91. The average molecular weight is 398 g/mol. The van der Waals surface area contributed by atoms with E-state index < -0.39 is 0 Å². The molecule has 0 spiro atoms. The van der Waals surface area contributed by atoms with Crippen molar-refractivity contribution in [3.63, 3.8) is 0 Å². The highest BCUT2D eigenvalue weighted by Gasteiger charge is 2.26. The Morgan fingerprint density at radius 2 is 1.90 bits per heavy atom. The van der Waals surface area contributed by atoms with E-state index in [0.717, 1.165) is 67.2 Å². The molecule has 0 fully saturated rings. The van der Waals surface area contributed by atoms with E-state index in [1.165, 1.54) is 22.3 Å². The van der Waals surface area contributed by atoms with Crippen LogP contribution in [0.25, 0.3) is 0 Å². The van der Waals surface area contributed by atoms with Gasteiger partial charge in [0.25, 0.3) is 0 Å². The van der Waals surface area contributed by atoms with Gasteiger partial charge in [-0.1, -0.05) is 12.1 Å². The fourth-order valence-electron chi connectivity index (χ4n) is 4.36. The van der Waals surface area contributed by atoms with Crippen LogP contribution in [0.1, 0.15) is 33.5 Å². The lowest BCUT2D eigenvalue weighted by molar-refractivity contribution is 0.414. The highest BCUT2D eigenvalue weighted by atomic mass is 16.5. The van der Waals surface area contributed by atoms with Gasteiger partial charge in [-0.05, 0) is 46.5 Å². The van der Waals surface area contributed by atoms with Gasteiger partial charge in [-0.25, -0.2) is 4.98 Å².